The number of nitrogens with zero attached hydrogens (tertiary/aromatic N) is 1. The number of nitro benzene ring substituents is 1. The highest BCUT2D eigenvalue weighted by Gasteiger charge is 2.18. The molecular weight excluding hydrogens is 352 g/mol. The molecule has 8 nitrogen and oxygen atoms in total. The fourth-order valence-electron chi connectivity index (χ4n) is 2.21. The van der Waals surface area contributed by atoms with E-state index in [9.17, 15) is 19.7 Å². The van der Waals surface area contributed by atoms with Gasteiger partial charge in [-0.1, -0.05) is 24.3 Å². The zero-order chi connectivity index (χ0) is 19.8. The average molecular weight is 370 g/mol. The molecular formula is C19H18N2O6. The molecule has 2 aromatic rings. The first-order chi connectivity index (χ1) is 12.9. The number of carbonyl (C=O) groups is 2. The summed E-state index contributed by atoms with van der Waals surface area (Å²) in [5.41, 5.74) is 1.14. The van der Waals surface area contributed by atoms with Crippen molar-refractivity contribution in [3.63, 3.8) is 0 Å². The molecule has 0 heterocycles. The molecule has 0 saturated carbocycles. The molecule has 0 spiro atoms. The highest BCUT2D eigenvalue weighted by atomic mass is 16.6. The van der Waals surface area contributed by atoms with Gasteiger partial charge in [-0.05, 0) is 36.3 Å². The molecule has 0 atom stereocenters. The van der Waals surface area contributed by atoms with Crippen molar-refractivity contribution in [2.75, 3.05) is 19.0 Å². The van der Waals surface area contributed by atoms with Gasteiger partial charge in [-0.25, -0.2) is 4.79 Å². The molecule has 1 amide bonds. The standard InChI is InChI=1S/C19H18N2O6/c1-13-4-3-5-16(21(24)25)19(13)20-17(22)12-27-18(23)11-8-14-6-9-15(26-2)10-7-14/h3-11H,12H2,1-2H3,(H,20,22)/b11-8+. The number of esters is 1. The van der Waals surface area contributed by atoms with Gasteiger partial charge in [0.15, 0.2) is 6.61 Å². The largest absolute Gasteiger partial charge is 0.497 e. The minimum absolute atomic E-state index is 0.0809. The van der Waals surface area contributed by atoms with Gasteiger partial charge in [0.05, 0.1) is 12.0 Å². The van der Waals surface area contributed by atoms with E-state index >= 15 is 0 Å². The number of nitrogens with one attached hydrogen (secondary N) is 1. The Morgan fingerprint density at radius 3 is 2.52 bits per heavy atom. The predicted molar refractivity (Wildman–Crippen MR) is 99.5 cm³/mol. The molecule has 0 unspecified atom stereocenters. The summed E-state index contributed by atoms with van der Waals surface area (Å²) in [5.74, 6) is -0.685. The zero-order valence-corrected chi connectivity index (χ0v) is 14.8. The number of aryl methyl sites for hydroxylation is 1. The summed E-state index contributed by atoms with van der Waals surface area (Å²) in [4.78, 5) is 34.1. The number of para-hydroxylation sites is 1. The van der Waals surface area contributed by atoms with Crippen molar-refractivity contribution in [1.82, 2.24) is 0 Å². The van der Waals surface area contributed by atoms with Crippen LogP contribution in [0.2, 0.25) is 0 Å². The summed E-state index contributed by atoms with van der Waals surface area (Å²) in [5, 5.41) is 13.4. The van der Waals surface area contributed by atoms with Gasteiger partial charge in [0.25, 0.3) is 11.6 Å². The molecule has 0 aromatic heterocycles. The van der Waals surface area contributed by atoms with Crippen LogP contribution in [0, 0.1) is 17.0 Å². The number of carbonyl (C=O) groups excluding carboxylic acids is 2. The Labute approximate surface area is 155 Å². The number of nitro groups is 1. The van der Waals surface area contributed by atoms with Crippen molar-refractivity contribution in [2.45, 2.75) is 6.92 Å². The van der Waals surface area contributed by atoms with E-state index in [0.29, 0.717) is 11.3 Å². The number of ether oxygens (including phenoxy) is 2. The number of methoxy groups -OCH3 is 1. The summed E-state index contributed by atoms with van der Waals surface area (Å²) >= 11 is 0. The number of benzene rings is 2. The number of anilines is 1. The molecule has 0 bridgehead atoms. The summed E-state index contributed by atoms with van der Waals surface area (Å²) in [6.07, 6.45) is 2.72. The molecule has 0 aliphatic carbocycles. The van der Waals surface area contributed by atoms with E-state index in [1.165, 1.54) is 24.3 Å². The van der Waals surface area contributed by atoms with Gasteiger partial charge in [-0.3, -0.25) is 14.9 Å². The molecule has 0 radical (unpaired) electrons. The van der Waals surface area contributed by atoms with Crippen LogP contribution < -0.4 is 10.1 Å². The van der Waals surface area contributed by atoms with Gasteiger partial charge < -0.3 is 14.8 Å². The van der Waals surface area contributed by atoms with Crippen LogP contribution in [-0.4, -0.2) is 30.5 Å². The second kappa shape index (κ2) is 9.14. The minimum atomic E-state index is -0.708. The maximum Gasteiger partial charge on any atom is 0.331 e. The summed E-state index contributed by atoms with van der Waals surface area (Å²) < 4.78 is 9.89. The van der Waals surface area contributed by atoms with Crippen LogP contribution >= 0.6 is 0 Å². The van der Waals surface area contributed by atoms with E-state index in [1.54, 1.807) is 44.4 Å². The predicted octanol–water partition coefficient (Wildman–Crippen LogP) is 3.11. The molecule has 1 N–H and O–H groups in total. The molecule has 0 saturated heterocycles. The summed E-state index contributed by atoms with van der Waals surface area (Å²) in [6, 6.07) is 11.4. The first kappa shape index (κ1) is 19.6. The zero-order valence-electron chi connectivity index (χ0n) is 14.8. The van der Waals surface area contributed by atoms with Gasteiger partial charge >= 0.3 is 5.97 Å². The Morgan fingerprint density at radius 2 is 1.89 bits per heavy atom. The molecule has 2 aromatic carbocycles. The van der Waals surface area contributed by atoms with Gasteiger partial charge in [0, 0.05) is 12.1 Å². The topological polar surface area (TPSA) is 108 Å². The molecule has 0 aliphatic rings. The van der Waals surface area contributed by atoms with E-state index in [2.05, 4.69) is 5.32 Å². The Bertz CT molecular complexity index is 874. The van der Waals surface area contributed by atoms with Crippen molar-refractivity contribution in [3.05, 3.63) is 69.8 Å². The van der Waals surface area contributed by atoms with Crippen LogP contribution in [0.4, 0.5) is 11.4 Å². The highest BCUT2D eigenvalue weighted by molar-refractivity contribution is 5.96. The van der Waals surface area contributed by atoms with Crippen molar-refractivity contribution >= 4 is 29.3 Å². The average Bonchev–Trinajstić information content (AvgIpc) is 2.66. The minimum Gasteiger partial charge on any atom is -0.497 e. The van der Waals surface area contributed by atoms with Crippen LogP contribution in [0.15, 0.2) is 48.5 Å². The lowest BCUT2D eigenvalue weighted by Gasteiger charge is -2.08. The lowest BCUT2D eigenvalue weighted by Crippen LogP contribution is -2.21. The fraction of sp³-hybridized carbons (Fsp3) is 0.158. The smallest absolute Gasteiger partial charge is 0.331 e. The Kier molecular flexibility index (Phi) is 6.65. The number of hydrogen-bond acceptors (Lipinski definition) is 6. The highest BCUT2D eigenvalue weighted by Crippen LogP contribution is 2.27. The lowest BCUT2D eigenvalue weighted by molar-refractivity contribution is -0.384. The SMILES string of the molecule is COc1ccc(/C=C/C(=O)OCC(=O)Nc2c(C)cccc2[N+](=O)[O-])cc1. The van der Waals surface area contributed by atoms with E-state index < -0.39 is 23.4 Å². The third-order valence-corrected chi connectivity index (χ3v) is 3.59. The molecule has 0 aliphatic heterocycles. The van der Waals surface area contributed by atoms with E-state index in [4.69, 9.17) is 9.47 Å². The molecule has 0 fully saturated rings. The first-order valence-corrected chi connectivity index (χ1v) is 7.93. The molecule has 140 valence electrons. The maximum atomic E-state index is 11.9. The quantitative estimate of drug-likeness (QED) is 0.347. The van der Waals surface area contributed by atoms with E-state index in [-0.39, 0.29) is 11.4 Å². The van der Waals surface area contributed by atoms with Gasteiger partial charge in [-0.15, -0.1) is 0 Å². The Balaban J connectivity index is 1.91. The summed E-state index contributed by atoms with van der Waals surface area (Å²) in [6.45, 7) is 1.07. The van der Waals surface area contributed by atoms with Crippen LogP contribution in [0.5, 0.6) is 5.75 Å². The monoisotopic (exact) mass is 370 g/mol. The van der Waals surface area contributed by atoms with E-state index in [1.807, 2.05) is 0 Å². The van der Waals surface area contributed by atoms with Gasteiger partial charge in [0.1, 0.15) is 11.4 Å². The molecule has 27 heavy (non-hydrogen) atoms. The van der Waals surface area contributed by atoms with Gasteiger partial charge in [-0.2, -0.15) is 0 Å². The van der Waals surface area contributed by atoms with Crippen LogP contribution in [0.25, 0.3) is 6.08 Å². The lowest BCUT2D eigenvalue weighted by atomic mass is 10.1. The van der Waals surface area contributed by atoms with Crippen molar-refractivity contribution in [2.24, 2.45) is 0 Å². The normalized spacial score (nSPS) is 10.4. The van der Waals surface area contributed by atoms with Crippen molar-refractivity contribution < 1.29 is 24.0 Å². The Morgan fingerprint density at radius 1 is 1.19 bits per heavy atom. The summed E-state index contributed by atoms with van der Waals surface area (Å²) in [7, 11) is 1.55. The van der Waals surface area contributed by atoms with E-state index in [0.717, 1.165) is 5.56 Å². The van der Waals surface area contributed by atoms with Crippen LogP contribution in [0.3, 0.4) is 0 Å². The molecule has 8 heteroatoms. The number of rotatable bonds is 7. The second-order valence-corrected chi connectivity index (χ2v) is 5.49. The Hall–Kier alpha value is -3.68. The third kappa shape index (κ3) is 5.67. The van der Waals surface area contributed by atoms with Crippen molar-refractivity contribution in [3.8, 4) is 5.75 Å². The maximum absolute atomic E-state index is 11.9. The number of hydrogen-bond donors (Lipinski definition) is 1. The van der Waals surface area contributed by atoms with Gasteiger partial charge in [0.2, 0.25) is 0 Å². The fourth-order valence-corrected chi connectivity index (χ4v) is 2.21. The second-order valence-electron chi connectivity index (χ2n) is 5.49. The first-order valence-electron chi connectivity index (χ1n) is 7.93. The molecule has 2 rings (SSSR count). The van der Waals surface area contributed by atoms with Crippen molar-refractivity contribution in [1.29, 1.82) is 0 Å². The number of amides is 1. The van der Waals surface area contributed by atoms with Crippen LogP contribution in [-0.2, 0) is 14.3 Å². The third-order valence-electron chi connectivity index (χ3n) is 3.59. The van der Waals surface area contributed by atoms with Crippen LogP contribution in [0.1, 0.15) is 11.1 Å².